The summed E-state index contributed by atoms with van der Waals surface area (Å²) in [6.07, 6.45) is 1.13. The molecule has 0 spiro atoms. The van der Waals surface area contributed by atoms with Gasteiger partial charge < -0.3 is 10.2 Å². The molecule has 0 aromatic heterocycles. The predicted octanol–water partition coefficient (Wildman–Crippen LogP) is 4.40. The maximum atomic E-state index is 13.9. The number of nitrogens with zero attached hydrogens (tertiary/aromatic N) is 1. The second kappa shape index (κ2) is 7.23. The molecule has 21 heavy (non-hydrogen) atoms. The van der Waals surface area contributed by atoms with E-state index in [0.29, 0.717) is 5.69 Å². The molecular weight excluding hydrogens is 263 g/mol. The maximum Gasteiger partial charge on any atom is 0.146 e. The Balaban J connectivity index is 2.18. The van der Waals surface area contributed by atoms with Crippen LogP contribution < -0.4 is 10.2 Å². The Morgan fingerprint density at radius 2 is 1.90 bits per heavy atom. The Kier molecular flexibility index (Phi) is 5.34. The van der Waals surface area contributed by atoms with Crippen molar-refractivity contribution < 1.29 is 4.39 Å². The summed E-state index contributed by atoms with van der Waals surface area (Å²) in [6.45, 7) is 6.16. The summed E-state index contributed by atoms with van der Waals surface area (Å²) in [5.74, 6) is -0.202. The lowest BCUT2D eigenvalue weighted by Crippen LogP contribution is -2.15. The van der Waals surface area contributed by atoms with Crippen molar-refractivity contribution in [2.45, 2.75) is 26.8 Å². The fraction of sp³-hybridized carbons (Fsp3) is 0.333. The van der Waals surface area contributed by atoms with Gasteiger partial charge in [-0.3, -0.25) is 0 Å². The molecular formula is C18H23FN2. The molecule has 2 rings (SSSR count). The van der Waals surface area contributed by atoms with Crippen molar-refractivity contribution in [3.05, 3.63) is 59.4 Å². The fourth-order valence-corrected chi connectivity index (χ4v) is 2.35. The summed E-state index contributed by atoms with van der Waals surface area (Å²) in [6, 6.07) is 13.1. The molecule has 112 valence electrons. The minimum Gasteiger partial charge on any atom is -0.342 e. The zero-order chi connectivity index (χ0) is 15.2. The number of benzene rings is 2. The fourth-order valence-electron chi connectivity index (χ4n) is 2.35. The van der Waals surface area contributed by atoms with Gasteiger partial charge in [0.15, 0.2) is 0 Å². The molecule has 2 aromatic rings. The van der Waals surface area contributed by atoms with Gasteiger partial charge in [0, 0.05) is 19.3 Å². The number of hydrogen-bond donors (Lipinski definition) is 1. The zero-order valence-corrected chi connectivity index (χ0v) is 13.0. The number of para-hydroxylation sites is 1. The lowest BCUT2D eigenvalue weighted by molar-refractivity contribution is 0.627. The van der Waals surface area contributed by atoms with Crippen LogP contribution in [0.4, 0.5) is 15.8 Å². The Morgan fingerprint density at radius 1 is 1.14 bits per heavy atom. The zero-order valence-electron chi connectivity index (χ0n) is 13.0. The third-order valence-corrected chi connectivity index (χ3v) is 3.67. The molecule has 3 heteroatoms. The molecule has 0 amide bonds. The summed E-state index contributed by atoms with van der Waals surface area (Å²) < 4.78 is 13.9. The van der Waals surface area contributed by atoms with Gasteiger partial charge in [-0.15, -0.1) is 0 Å². The highest BCUT2D eigenvalue weighted by Crippen LogP contribution is 2.27. The third-order valence-electron chi connectivity index (χ3n) is 3.67. The maximum absolute atomic E-state index is 13.9. The highest BCUT2D eigenvalue weighted by atomic mass is 19.1. The van der Waals surface area contributed by atoms with E-state index in [4.69, 9.17) is 0 Å². The van der Waals surface area contributed by atoms with Crippen LogP contribution in [0, 0.1) is 12.7 Å². The van der Waals surface area contributed by atoms with Crippen LogP contribution in [0.2, 0.25) is 0 Å². The van der Waals surface area contributed by atoms with Gasteiger partial charge >= 0.3 is 0 Å². The van der Waals surface area contributed by atoms with Gasteiger partial charge in [-0.25, -0.2) is 4.39 Å². The molecule has 0 bridgehead atoms. The monoisotopic (exact) mass is 286 g/mol. The first-order valence-corrected chi connectivity index (χ1v) is 7.42. The second-order valence-electron chi connectivity index (χ2n) is 5.30. The summed E-state index contributed by atoms with van der Waals surface area (Å²) in [5, 5.41) is 3.41. The van der Waals surface area contributed by atoms with Gasteiger partial charge in [-0.1, -0.05) is 25.1 Å². The molecule has 2 nitrogen and oxygen atoms in total. The lowest BCUT2D eigenvalue weighted by atomic mass is 10.1. The van der Waals surface area contributed by atoms with E-state index in [1.165, 1.54) is 17.2 Å². The molecule has 0 heterocycles. The van der Waals surface area contributed by atoms with Gasteiger partial charge in [0.1, 0.15) is 5.82 Å². The number of anilines is 2. The van der Waals surface area contributed by atoms with Crippen LogP contribution in [-0.4, -0.2) is 13.6 Å². The SMILES string of the molecule is CCCNCc1ccc(N(C)c2ccccc2F)cc1C. The first-order valence-electron chi connectivity index (χ1n) is 7.42. The Labute approximate surface area is 126 Å². The topological polar surface area (TPSA) is 15.3 Å². The Bertz CT molecular complexity index is 596. The lowest BCUT2D eigenvalue weighted by Gasteiger charge is -2.21. The Morgan fingerprint density at radius 3 is 2.57 bits per heavy atom. The number of nitrogens with one attached hydrogen (secondary N) is 1. The van der Waals surface area contributed by atoms with Gasteiger partial charge in [-0.2, -0.15) is 0 Å². The molecule has 0 atom stereocenters. The van der Waals surface area contributed by atoms with Crippen molar-refractivity contribution in [3.8, 4) is 0 Å². The van der Waals surface area contributed by atoms with Gasteiger partial charge in [0.25, 0.3) is 0 Å². The average molecular weight is 286 g/mol. The summed E-state index contributed by atoms with van der Waals surface area (Å²) in [5.41, 5.74) is 4.10. The molecule has 0 aliphatic heterocycles. The standard InChI is InChI=1S/C18H23FN2/c1-4-11-20-13-15-9-10-16(12-14(15)2)21(3)18-8-6-5-7-17(18)19/h5-10,12,20H,4,11,13H2,1-3H3. The van der Waals surface area contributed by atoms with Crippen molar-refractivity contribution in [2.24, 2.45) is 0 Å². The van der Waals surface area contributed by atoms with Crippen molar-refractivity contribution in [1.29, 1.82) is 0 Å². The van der Waals surface area contributed by atoms with Crippen molar-refractivity contribution >= 4 is 11.4 Å². The highest BCUT2D eigenvalue weighted by molar-refractivity contribution is 5.64. The van der Waals surface area contributed by atoms with Crippen LogP contribution in [0.3, 0.4) is 0 Å². The van der Waals surface area contributed by atoms with Gasteiger partial charge in [0.05, 0.1) is 5.69 Å². The summed E-state index contributed by atoms with van der Waals surface area (Å²) in [7, 11) is 1.89. The van der Waals surface area contributed by atoms with E-state index in [-0.39, 0.29) is 5.82 Å². The quantitative estimate of drug-likeness (QED) is 0.792. The smallest absolute Gasteiger partial charge is 0.146 e. The van der Waals surface area contributed by atoms with Crippen LogP contribution in [0.1, 0.15) is 24.5 Å². The molecule has 2 aromatic carbocycles. The second-order valence-corrected chi connectivity index (χ2v) is 5.30. The predicted molar refractivity (Wildman–Crippen MR) is 87.6 cm³/mol. The summed E-state index contributed by atoms with van der Waals surface area (Å²) >= 11 is 0. The number of hydrogen-bond acceptors (Lipinski definition) is 2. The molecule has 1 N–H and O–H groups in total. The molecule has 0 aliphatic carbocycles. The highest BCUT2D eigenvalue weighted by Gasteiger charge is 2.09. The first kappa shape index (κ1) is 15.5. The van der Waals surface area contributed by atoms with E-state index in [1.54, 1.807) is 12.1 Å². The molecule has 0 fully saturated rings. The minimum absolute atomic E-state index is 0.202. The first-order chi connectivity index (χ1) is 10.1. The molecule has 0 saturated heterocycles. The largest absolute Gasteiger partial charge is 0.342 e. The van der Waals surface area contributed by atoms with Crippen LogP contribution in [0.15, 0.2) is 42.5 Å². The van der Waals surface area contributed by atoms with E-state index < -0.39 is 0 Å². The van der Waals surface area contributed by atoms with Gasteiger partial charge in [-0.05, 0) is 55.3 Å². The number of halogens is 1. The van der Waals surface area contributed by atoms with E-state index >= 15 is 0 Å². The third kappa shape index (κ3) is 3.82. The van der Waals surface area contributed by atoms with E-state index in [9.17, 15) is 4.39 Å². The van der Waals surface area contributed by atoms with E-state index in [0.717, 1.165) is 25.2 Å². The van der Waals surface area contributed by atoms with E-state index in [2.05, 4.69) is 31.3 Å². The van der Waals surface area contributed by atoms with Crippen LogP contribution >= 0.6 is 0 Å². The molecule has 0 radical (unpaired) electrons. The average Bonchev–Trinajstić information content (AvgIpc) is 2.49. The normalized spacial score (nSPS) is 10.7. The summed E-state index contributed by atoms with van der Waals surface area (Å²) in [4.78, 5) is 1.88. The van der Waals surface area contributed by atoms with Gasteiger partial charge in [0.2, 0.25) is 0 Å². The van der Waals surface area contributed by atoms with Crippen LogP contribution in [0.25, 0.3) is 0 Å². The Hall–Kier alpha value is -1.87. The molecule has 0 saturated carbocycles. The van der Waals surface area contributed by atoms with Crippen molar-refractivity contribution in [2.75, 3.05) is 18.5 Å². The van der Waals surface area contributed by atoms with E-state index in [1.807, 2.05) is 24.1 Å². The van der Waals surface area contributed by atoms with Crippen molar-refractivity contribution in [3.63, 3.8) is 0 Å². The van der Waals surface area contributed by atoms with Crippen LogP contribution in [-0.2, 0) is 6.54 Å². The minimum atomic E-state index is -0.202. The van der Waals surface area contributed by atoms with Crippen LogP contribution in [0.5, 0.6) is 0 Å². The number of aryl methyl sites for hydroxylation is 1. The number of rotatable bonds is 6. The van der Waals surface area contributed by atoms with Crippen molar-refractivity contribution in [1.82, 2.24) is 5.32 Å². The molecule has 0 aliphatic rings. The molecule has 0 unspecified atom stereocenters.